The number of carbonyl (C=O) groups excluding carboxylic acids is 1. The van der Waals surface area contributed by atoms with Crippen LogP contribution >= 0.6 is 11.5 Å². The van der Waals surface area contributed by atoms with Crippen molar-refractivity contribution in [1.82, 2.24) is 14.3 Å². The molecule has 0 bridgehead atoms. The van der Waals surface area contributed by atoms with E-state index in [1.807, 2.05) is 0 Å². The van der Waals surface area contributed by atoms with Gasteiger partial charge in [0.05, 0.1) is 0 Å². The van der Waals surface area contributed by atoms with Gasteiger partial charge in [-0.25, -0.2) is 9.37 Å². The maximum Gasteiger partial charge on any atom is 0.248 e. The second kappa shape index (κ2) is 7.67. The van der Waals surface area contributed by atoms with Crippen LogP contribution in [0, 0.1) is 5.82 Å². The molecule has 1 aromatic carbocycles. The molecule has 128 valence electrons. The summed E-state index contributed by atoms with van der Waals surface area (Å²) in [4.78, 5) is 20.3. The number of carbonyl (C=O) groups is 1. The van der Waals surface area contributed by atoms with Crippen LogP contribution in [0.5, 0.6) is 0 Å². The van der Waals surface area contributed by atoms with Crippen molar-refractivity contribution in [1.29, 1.82) is 0 Å². The average Bonchev–Trinajstić information content (AvgIpc) is 3.06. The molecule has 0 radical (unpaired) electrons. The van der Waals surface area contributed by atoms with E-state index in [-0.39, 0.29) is 18.3 Å². The molecular weight excluding hydrogens is 331 g/mol. The Labute approximate surface area is 144 Å². The SMILES string of the molecule is COCC(=O)N1CCN(c2nc(Cc3ccc(F)cc3)ns2)CC1. The van der Waals surface area contributed by atoms with Crippen LogP contribution < -0.4 is 4.90 Å². The van der Waals surface area contributed by atoms with E-state index < -0.39 is 0 Å². The first-order chi connectivity index (χ1) is 11.7. The summed E-state index contributed by atoms with van der Waals surface area (Å²) in [7, 11) is 1.53. The van der Waals surface area contributed by atoms with Crippen LogP contribution in [0.2, 0.25) is 0 Å². The fourth-order valence-corrected chi connectivity index (χ4v) is 3.33. The Kier molecular flexibility index (Phi) is 5.37. The van der Waals surface area contributed by atoms with Gasteiger partial charge >= 0.3 is 0 Å². The van der Waals surface area contributed by atoms with Gasteiger partial charge in [-0.2, -0.15) is 4.37 Å². The summed E-state index contributed by atoms with van der Waals surface area (Å²) < 4.78 is 22.2. The number of amides is 1. The standard InChI is InChI=1S/C16H19FN4O2S/c1-23-11-15(22)20-6-8-21(9-7-20)16-18-14(19-24-16)10-12-2-4-13(17)5-3-12/h2-5H,6-11H2,1H3. The predicted octanol–water partition coefficient (Wildman–Crippen LogP) is 1.56. The lowest BCUT2D eigenvalue weighted by molar-refractivity contribution is -0.135. The molecule has 0 atom stereocenters. The minimum atomic E-state index is -0.244. The lowest BCUT2D eigenvalue weighted by atomic mass is 10.1. The van der Waals surface area contributed by atoms with Gasteiger partial charge in [0.15, 0.2) is 0 Å². The van der Waals surface area contributed by atoms with Gasteiger partial charge in [-0.3, -0.25) is 4.79 Å². The highest BCUT2D eigenvalue weighted by atomic mass is 32.1. The molecule has 2 heterocycles. The van der Waals surface area contributed by atoms with E-state index in [1.54, 1.807) is 17.0 Å². The zero-order valence-electron chi connectivity index (χ0n) is 13.4. The Bertz CT molecular complexity index is 684. The van der Waals surface area contributed by atoms with Gasteiger partial charge in [0, 0.05) is 51.2 Å². The highest BCUT2D eigenvalue weighted by molar-refractivity contribution is 7.09. The third kappa shape index (κ3) is 4.07. The molecule has 1 aromatic heterocycles. The van der Waals surface area contributed by atoms with Crippen LogP contribution in [0.1, 0.15) is 11.4 Å². The summed E-state index contributed by atoms with van der Waals surface area (Å²) >= 11 is 1.36. The van der Waals surface area contributed by atoms with Gasteiger partial charge in [-0.1, -0.05) is 12.1 Å². The van der Waals surface area contributed by atoms with Crippen molar-refractivity contribution >= 4 is 22.6 Å². The molecule has 1 saturated heterocycles. The minimum Gasteiger partial charge on any atom is -0.375 e. The molecule has 1 amide bonds. The van der Waals surface area contributed by atoms with Crippen molar-refractivity contribution in [2.75, 3.05) is 44.8 Å². The van der Waals surface area contributed by atoms with Gasteiger partial charge in [0.1, 0.15) is 18.2 Å². The highest BCUT2D eigenvalue weighted by Crippen LogP contribution is 2.20. The zero-order chi connectivity index (χ0) is 16.9. The lowest BCUT2D eigenvalue weighted by Gasteiger charge is -2.34. The van der Waals surface area contributed by atoms with E-state index in [9.17, 15) is 9.18 Å². The summed E-state index contributed by atoms with van der Waals surface area (Å²) in [5, 5.41) is 0.867. The average molecular weight is 350 g/mol. The Balaban J connectivity index is 1.56. The maximum absolute atomic E-state index is 12.9. The molecule has 0 spiro atoms. The van der Waals surface area contributed by atoms with Crippen LogP contribution in [-0.2, 0) is 16.0 Å². The Morgan fingerprint density at radius 3 is 2.62 bits per heavy atom. The third-order valence-corrected chi connectivity index (χ3v) is 4.72. The predicted molar refractivity (Wildman–Crippen MR) is 89.8 cm³/mol. The topological polar surface area (TPSA) is 58.6 Å². The van der Waals surface area contributed by atoms with Crippen LogP contribution in [0.25, 0.3) is 0 Å². The lowest BCUT2D eigenvalue weighted by Crippen LogP contribution is -2.49. The first kappa shape index (κ1) is 16.8. The molecule has 0 N–H and O–H groups in total. The number of ether oxygens (including phenoxy) is 1. The second-order valence-electron chi connectivity index (χ2n) is 5.60. The first-order valence-corrected chi connectivity index (χ1v) is 8.52. The number of piperazine rings is 1. The largest absolute Gasteiger partial charge is 0.375 e. The molecule has 0 saturated carbocycles. The molecule has 0 unspecified atom stereocenters. The number of hydrogen-bond acceptors (Lipinski definition) is 6. The molecule has 0 aliphatic carbocycles. The fourth-order valence-electron chi connectivity index (χ4n) is 2.59. The van der Waals surface area contributed by atoms with Gasteiger partial charge < -0.3 is 14.5 Å². The van der Waals surface area contributed by atoms with Crippen molar-refractivity contribution in [2.24, 2.45) is 0 Å². The van der Waals surface area contributed by atoms with E-state index >= 15 is 0 Å². The number of rotatable bonds is 5. The normalized spacial score (nSPS) is 14.9. The van der Waals surface area contributed by atoms with Crippen LogP contribution in [-0.4, -0.2) is 60.1 Å². The van der Waals surface area contributed by atoms with Crippen LogP contribution in [0.3, 0.4) is 0 Å². The molecule has 1 fully saturated rings. The van der Waals surface area contributed by atoms with Gasteiger partial charge in [-0.05, 0) is 17.7 Å². The second-order valence-corrected chi connectivity index (χ2v) is 6.33. The van der Waals surface area contributed by atoms with Gasteiger partial charge in [0.25, 0.3) is 0 Å². The molecule has 2 aromatic rings. The number of aromatic nitrogens is 2. The van der Waals surface area contributed by atoms with Crippen LogP contribution in [0.4, 0.5) is 9.52 Å². The molecule has 1 aliphatic rings. The summed E-state index contributed by atoms with van der Waals surface area (Å²) in [5.41, 5.74) is 0.982. The smallest absolute Gasteiger partial charge is 0.248 e. The monoisotopic (exact) mass is 350 g/mol. The van der Waals surface area contributed by atoms with E-state index in [2.05, 4.69) is 14.3 Å². The maximum atomic E-state index is 12.9. The summed E-state index contributed by atoms with van der Waals surface area (Å²) in [6.07, 6.45) is 0.586. The molecule has 3 rings (SSSR count). The quantitative estimate of drug-likeness (QED) is 0.819. The van der Waals surface area contributed by atoms with Crippen molar-refractivity contribution in [2.45, 2.75) is 6.42 Å². The third-order valence-electron chi connectivity index (χ3n) is 3.90. The molecule has 24 heavy (non-hydrogen) atoms. The summed E-state index contributed by atoms with van der Waals surface area (Å²) in [6.45, 7) is 2.92. The van der Waals surface area contributed by atoms with E-state index in [0.29, 0.717) is 19.5 Å². The number of nitrogens with zero attached hydrogens (tertiary/aromatic N) is 4. The van der Waals surface area contributed by atoms with Crippen LogP contribution in [0.15, 0.2) is 24.3 Å². The van der Waals surface area contributed by atoms with Crippen molar-refractivity contribution in [3.05, 3.63) is 41.5 Å². The molecule has 8 heteroatoms. The van der Waals surface area contributed by atoms with Gasteiger partial charge in [0.2, 0.25) is 11.0 Å². The summed E-state index contributed by atoms with van der Waals surface area (Å²) in [5.74, 6) is 0.512. The number of hydrogen-bond donors (Lipinski definition) is 0. The van der Waals surface area contributed by atoms with Crippen molar-refractivity contribution in [3.8, 4) is 0 Å². The molecular formula is C16H19FN4O2S. The molecule has 6 nitrogen and oxygen atoms in total. The number of benzene rings is 1. The number of halogens is 1. The fraction of sp³-hybridized carbons (Fsp3) is 0.438. The van der Waals surface area contributed by atoms with Crippen molar-refractivity contribution < 1.29 is 13.9 Å². The number of anilines is 1. The van der Waals surface area contributed by atoms with E-state index in [4.69, 9.17) is 4.74 Å². The minimum absolute atomic E-state index is 0.0198. The van der Waals surface area contributed by atoms with Crippen molar-refractivity contribution in [3.63, 3.8) is 0 Å². The Morgan fingerprint density at radius 1 is 1.25 bits per heavy atom. The first-order valence-electron chi connectivity index (χ1n) is 7.74. The highest BCUT2D eigenvalue weighted by Gasteiger charge is 2.23. The van der Waals surface area contributed by atoms with Gasteiger partial charge in [-0.15, -0.1) is 0 Å². The summed E-state index contributed by atoms with van der Waals surface area (Å²) in [6, 6.07) is 6.38. The molecule has 1 aliphatic heterocycles. The Morgan fingerprint density at radius 2 is 1.96 bits per heavy atom. The van der Waals surface area contributed by atoms with E-state index in [0.717, 1.165) is 29.6 Å². The number of methoxy groups -OCH3 is 1. The van der Waals surface area contributed by atoms with E-state index in [1.165, 1.54) is 30.8 Å². The Hall–Kier alpha value is -2.06. The zero-order valence-corrected chi connectivity index (χ0v) is 14.3.